The van der Waals surface area contributed by atoms with Gasteiger partial charge in [0.05, 0.1) is 13.2 Å². The van der Waals surface area contributed by atoms with Gasteiger partial charge < -0.3 is 20.1 Å². The van der Waals surface area contributed by atoms with Gasteiger partial charge in [-0.25, -0.2) is 4.57 Å². The van der Waals surface area contributed by atoms with E-state index in [4.69, 9.17) is 13.8 Å². The van der Waals surface area contributed by atoms with E-state index in [-0.39, 0.29) is 32.1 Å². The summed E-state index contributed by atoms with van der Waals surface area (Å²) in [7, 11) is -4.41. The number of esters is 1. The zero-order valence-corrected chi connectivity index (χ0v) is 34.4. The zero-order chi connectivity index (χ0) is 38.2. The number of hydrogen-bond donors (Lipinski definition) is 3. The number of carbonyl (C=O) groups excluding carboxylic acids is 2. The summed E-state index contributed by atoms with van der Waals surface area (Å²) >= 11 is 0. The van der Waals surface area contributed by atoms with Gasteiger partial charge in [0.15, 0.2) is 0 Å². The molecule has 0 bridgehead atoms. The normalized spacial score (nSPS) is 13.5. The van der Waals surface area contributed by atoms with Crippen LogP contribution >= 0.6 is 7.82 Å². The van der Waals surface area contributed by atoms with Crippen molar-refractivity contribution < 1.29 is 37.9 Å². The van der Waals surface area contributed by atoms with E-state index in [1.54, 1.807) is 0 Å². The van der Waals surface area contributed by atoms with Gasteiger partial charge in [-0.05, 0) is 64.2 Å². The van der Waals surface area contributed by atoms with Crippen molar-refractivity contribution >= 4 is 19.7 Å². The average Bonchev–Trinajstić information content (AvgIpc) is 3.13. The van der Waals surface area contributed by atoms with Crippen LogP contribution in [0.2, 0.25) is 0 Å². The smallest absolute Gasteiger partial charge is 0.463 e. The maximum Gasteiger partial charge on any atom is 0.472 e. The molecule has 9 nitrogen and oxygen atoms in total. The van der Waals surface area contributed by atoms with Crippen molar-refractivity contribution in [3.05, 3.63) is 24.3 Å². The van der Waals surface area contributed by atoms with Gasteiger partial charge >= 0.3 is 13.8 Å². The van der Waals surface area contributed by atoms with Gasteiger partial charge in [-0.1, -0.05) is 147 Å². The second-order valence-corrected chi connectivity index (χ2v) is 15.8. The summed E-state index contributed by atoms with van der Waals surface area (Å²) in [5, 5.41) is 12.7. The summed E-state index contributed by atoms with van der Waals surface area (Å²) in [6, 6.07) is 0. The van der Waals surface area contributed by atoms with Crippen molar-refractivity contribution in [1.29, 1.82) is 0 Å². The molecule has 0 aliphatic carbocycles. The van der Waals surface area contributed by atoms with Gasteiger partial charge in [0, 0.05) is 19.4 Å². The molecule has 0 spiro atoms. The minimum Gasteiger partial charge on any atom is -0.463 e. The summed E-state index contributed by atoms with van der Waals surface area (Å²) in [5.41, 5.74) is 0. The molecule has 0 saturated carbocycles. The van der Waals surface area contributed by atoms with E-state index in [0.29, 0.717) is 6.42 Å². The van der Waals surface area contributed by atoms with Crippen LogP contribution in [0.3, 0.4) is 0 Å². The van der Waals surface area contributed by atoms with Crippen LogP contribution < -0.4 is 5.32 Å². The first-order valence-corrected chi connectivity index (χ1v) is 22.8. The number of aliphatic hydroxyl groups excluding tert-OH is 1. The fourth-order valence-corrected chi connectivity index (χ4v) is 6.60. The highest BCUT2D eigenvalue weighted by molar-refractivity contribution is 7.47. The van der Waals surface area contributed by atoms with Crippen LogP contribution in [0.25, 0.3) is 0 Å². The molecule has 0 aliphatic heterocycles. The number of phosphoric acid groups is 1. The van der Waals surface area contributed by atoms with E-state index in [1.807, 2.05) is 0 Å². The summed E-state index contributed by atoms with van der Waals surface area (Å²) in [4.78, 5) is 33.8. The van der Waals surface area contributed by atoms with Crippen LogP contribution in [-0.2, 0) is 27.9 Å². The highest BCUT2D eigenvalue weighted by Gasteiger charge is 2.23. The molecule has 1 amide bonds. The molecule has 0 rings (SSSR count). The summed E-state index contributed by atoms with van der Waals surface area (Å²) < 4.78 is 26.8. The second kappa shape index (κ2) is 39.2. The van der Waals surface area contributed by atoms with Crippen molar-refractivity contribution in [2.45, 2.75) is 206 Å². The van der Waals surface area contributed by atoms with Crippen LogP contribution in [0.1, 0.15) is 200 Å². The van der Waals surface area contributed by atoms with Gasteiger partial charge in [0.2, 0.25) is 5.91 Å². The Morgan fingerprint density at radius 1 is 0.577 bits per heavy atom. The lowest BCUT2D eigenvalue weighted by Crippen LogP contribution is -2.27. The van der Waals surface area contributed by atoms with Crippen molar-refractivity contribution in [2.75, 3.05) is 26.4 Å². The summed E-state index contributed by atoms with van der Waals surface area (Å²) in [5.74, 6) is -0.527. The Labute approximate surface area is 319 Å². The Kier molecular flexibility index (Phi) is 38.1. The number of nitrogens with one attached hydrogen (secondary N) is 1. The third-order valence-electron chi connectivity index (χ3n) is 9.10. The molecule has 0 aliphatic rings. The Bertz CT molecular complexity index is 912. The largest absolute Gasteiger partial charge is 0.472 e. The summed E-state index contributed by atoms with van der Waals surface area (Å²) in [6.07, 6.45) is 41.1. The first kappa shape index (κ1) is 50.5. The Morgan fingerprint density at radius 2 is 0.981 bits per heavy atom. The fraction of sp³-hybridized carbons (Fsp3) is 0.857. The number of phosphoric ester groups is 1. The maximum atomic E-state index is 12.1. The van der Waals surface area contributed by atoms with E-state index in [9.17, 15) is 24.2 Å². The third-order valence-corrected chi connectivity index (χ3v) is 10.1. The highest BCUT2D eigenvalue weighted by Crippen LogP contribution is 2.42. The number of aliphatic hydroxyl groups is 1. The highest BCUT2D eigenvalue weighted by atomic mass is 31.2. The molecular weight excluding hydrogens is 677 g/mol. The fourth-order valence-electron chi connectivity index (χ4n) is 5.84. The zero-order valence-electron chi connectivity index (χ0n) is 33.5. The van der Waals surface area contributed by atoms with Crippen molar-refractivity contribution in [2.24, 2.45) is 0 Å². The van der Waals surface area contributed by atoms with Gasteiger partial charge in [-0.15, -0.1) is 0 Å². The molecule has 0 radical (unpaired) electrons. The van der Waals surface area contributed by atoms with Gasteiger partial charge in [0.25, 0.3) is 0 Å². The van der Waals surface area contributed by atoms with E-state index in [0.717, 1.165) is 57.8 Å². The van der Waals surface area contributed by atoms with Gasteiger partial charge in [-0.2, -0.15) is 0 Å². The predicted octanol–water partition coefficient (Wildman–Crippen LogP) is 11.6. The molecule has 2 atom stereocenters. The van der Waals surface area contributed by atoms with Crippen molar-refractivity contribution in [3.8, 4) is 0 Å². The summed E-state index contributed by atoms with van der Waals surface area (Å²) in [6.45, 7) is 3.53. The SMILES string of the molecule is CCCCCC/C=C\CCCCCCCC(=O)OCC(O)COP(=O)(O)OCCNC(=O)CCCCCCCCC/C=C\CCCCCCCCC. The number of rotatable bonds is 40. The third kappa shape index (κ3) is 39.7. The number of amides is 1. The standard InChI is InChI=1S/C42H80NO8P/c1-3-5-7-9-11-13-15-17-18-19-20-21-23-24-26-28-30-32-34-41(45)43-36-37-50-52(47,48)51-39-40(44)38-49-42(46)35-33-31-29-27-25-22-16-14-12-10-8-6-4-2/h14,16,18-19,40,44H,3-13,15,17,20-39H2,1-2H3,(H,43,45)(H,47,48)/b16-14-,19-18-. The first-order chi connectivity index (χ1) is 25.3. The minimum atomic E-state index is -4.41. The monoisotopic (exact) mass is 758 g/mol. The lowest BCUT2D eigenvalue weighted by molar-refractivity contribution is -0.147. The van der Waals surface area contributed by atoms with E-state index < -0.39 is 26.5 Å². The molecule has 0 aromatic heterocycles. The molecule has 0 heterocycles. The van der Waals surface area contributed by atoms with Gasteiger partial charge in [-0.3, -0.25) is 18.6 Å². The number of allylic oxidation sites excluding steroid dienone is 4. The van der Waals surface area contributed by atoms with Crippen LogP contribution in [0.15, 0.2) is 24.3 Å². The topological polar surface area (TPSA) is 131 Å². The lowest BCUT2D eigenvalue weighted by Gasteiger charge is -2.15. The molecule has 0 aromatic rings. The lowest BCUT2D eigenvalue weighted by atomic mass is 10.1. The molecule has 10 heteroatoms. The Balaban J connectivity index is 3.60. The predicted molar refractivity (Wildman–Crippen MR) is 215 cm³/mol. The molecule has 2 unspecified atom stereocenters. The maximum absolute atomic E-state index is 12.1. The van der Waals surface area contributed by atoms with E-state index in [1.165, 1.54) is 116 Å². The quantitative estimate of drug-likeness (QED) is 0.0244. The van der Waals surface area contributed by atoms with Crippen LogP contribution in [-0.4, -0.2) is 54.3 Å². The molecule has 0 fully saturated rings. The number of carbonyl (C=O) groups is 2. The van der Waals surface area contributed by atoms with E-state index >= 15 is 0 Å². The molecule has 52 heavy (non-hydrogen) atoms. The number of unbranched alkanes of at least 4 members (excludes halogenated alkanes) is 23. The van der Waals surface area contributed by atoms with Crippen molar-refractivity contribution in [1.82, 2.24) is 5.32 Å². The number of hydrogen-bond acceptors (Lipinski definition) is 7. The van der Waals surface area contributed by atoms with Crippen LogP contribution in [0, 0.1) is 0 Å². The van der Waals surface area contributed by atoms with Gasteiger partial charge in [0.1, 0.15) is 12.7 Å². The Hall–Kier alpha value is -1.51. The molecule has 0 saturated heterocycles. The molecule has 0 aromatic carbocycles. The van der Waals surface area contributed by atoms with E-state index in [2.05, 4.69) is 43.5 Å². The molecule has 306 valence electrons. The van der Waals surface area contributed by atoms with Crippen LogP contribution in [0.5, 0.6) is 0 Å². The van der Waals surface area contributed by atoms with Crippen molar-refractivity contribution in [3.63, 3.8) is 0 Å². The number of ether oxygens (including phenoxy) is 1. The first-order valence-electron chi connectivity index (χ1n) is 21.3. The minimum absolute atomic E-state index is 0.0800. The average molecular weight is 758 g/mol. The molecular formula is C42H80NO8P. The van der Waals surface area contributed by atoms with Crippen LogP contribution in [0.4, 0.5) is 0 Å². The molecule has 3 N–H and O–H groups in total. The second-order valence-electron chi connectivity index (χ2n) is 14.3. The Morgan fingerprint density at radius 3 is 1.46 bits per heavy atom.